The van der Waals surface area contributed by atoms with Gasteiger partial charge in [0, 0.05) is 7.05 Å². The molecule has 0 aromatic heterocycles. The third kappa shape index (κ3) is 3.69. The molecule has 0 aliphatic rings. The molecule has 0 aliphatic heterocycles. The predicted molar refractivity (Wildman–Crippen MR) is 84.1 cm³/mol. The van der Waals surface area contributed by atoms with E-state index in [4.69, 9.17) is 5.73 Å². The molecule has 0 saturated heterocycles. The van der Waals surface area contributed by atoms with Gasteiger partial charge in [0.15, 0.2) is 0 Å². The van der Waals surface area contributed by atoms with E-state index in [0.717, 1.165) is 11.3 Å². The highest BCUT2D eigenvalue weighted by Crippen LogP contribution is 2.15. The molecule has 5 heteroatoms. The smallest absolute Gasteiger partial charge is 0.209 e. The van der Waals surface area contributed by atoms with Crippen molar-refractivity contribution < 1.29 is 0 Å². The van der Waals surface area contributed by atoms with Crippen molar-refractivity contribution in [3.05, 3.63) is 48.0 Å². The summed E-state index contributed by atoms with van der Waals surface area (Å²) in [4.78, 5) is 3.78. The number of nitrogens with one attached hydrogen (secondary N) is 1. The summed E-state index contributed by atoms with van der Waals surface area (Å²) >= 11 is 0. The molecule has 3 N–H and O–H groups in total. The lowest BCUT2D eigenvalue weighted by Gasteiger charge is -2.04. The van der Waals surface area contributed by atoms with Crippen molar-refractivity contribution in [3.8, 4) is 0 Å². The van der Waals surface area contributed by atoms with Crippen LogP contribution in [0.5, 0.6) is 0 Å². The number of fused-ring (bicyclic) bond motifs is 1. The van der Waals surface area contributed by atoms with Crippen LogP contribution in [0.25, 0.3) is 10.8 Å². The summed E-state index contributed by atoms with van der Waals surface area (Å²) in [5.74, 6) is 0.301. The first kappa shape index (κ1) is 15.0. The highest BCUT2D eigenvalue weighted by atomic mass is 35.5. The molecule has 0 bridgehead atoms. The first-order chi connectivity index (χ1) is 8.70. The minimum atomic E-state index is 0. The summed E-state index contributed by atoms with van der Waals surface area (Å²) < 4.78 is 0. The molecular formula is C14H17ClN4. The lowest BCUT2D eigenvalue weighted by molar-refractivity contribution is 0.997. The van der Waals surface area contributed by atoms with Crippen molar-refractivity contribution in [2.45, 2.75) is 6.92 Å². The Balaban J connectivity index is 0.00000180. The monoisotopic (exact) mass is 276 g/mol. The first-order valence-corrected chi connectivity index (χ1v) is 5.72. The van der Waals surface area contributed by atoms with Crippen molar-refractivity contribution in [1.29, 1.82) is 0 Å². The quantitative estimate of drug-likeness (QED) is 0.503. The maximum Gasteiger partial charge on any atom is 0.209 e. The summed E-state index contributed by atoms with van der Waals surface area (Å²) in [7, 11) is 1.61. The molecule has 100 valence electrons. The number of nitrogens with two attached hydrogens (primary N) is 1. The van der Waals surface area contributed by atoms with Crippen LogP contribution >= 0.6 is 12.4 Å². The Hall–Kier alpha value is -2.07. The number of hydrazone groups is 1. The highest BCUT2D eigenvalue weighted by Gasteiger charge is 1.99. The number of halogens is 1. The zero-order valence-corrected chi connectivity index (χ0v) is 11.7. The van der Waals surface area contributed by atoms with E-state index in [1.807, 2.05) is 25.1 Å². The van der Waals surface area contributed by atoms with Crippen LogP contribution in [0.15, 0.2) is 52.6 Å². The van der Waals surface area contributed by atoms with Crippen LogP contribution in [-0.2, 0) is 0 Å². The van der Waals surface area contributed by atoms with E-state index in [1.165, 1.54) is 10.8 Å². The summed E-state index contributed by atoms with van der Waals surface area (Å²) in [5, 5.41) is 6.60. The maximum atomic E-state index is 5.52. The Kier molecular flexibility index (Phi) is 5.33. The van der Waals surface area contributed by atoms with Crippen LogP contribution in [-0.4, -0.2) is 18.7 Å². The van der Waals surface area contributed by atoms with Crippen molar-refractivity contribution in [1.82, 2.24) is 5.43 Å². The van der Waals surface area contributed by atoms with E-state index in [9.17, 15) is 0 Å². The number of rotatable bonds is 2. The summed E-state index contributed by atoms with van der Waals surface area (Å²) in [6.07, 6.45) is 0. The van der Waals surface area contributed by atoms with Gasteiger partial charge in [0.1, 0.15) is 0 Å². The van der Waals surface area contributed by atoms with Crippen molar-refractivity contribution in [2.24, 2.45) is 15.8 Å². The number of nitrogens with zero attached hydrogens (tertiary/aromatic N) is 2. The minimum Gasteiger partial charge on any atom is -0.369 e. The van der Waals surface area contributed by atoms with Crippen LogP contribution in [0.2, 0.25) is 0 Å². The number of aliphatic imine (C=N–C) groups is 1. The Morgan fingerprint density at radius 2 is 1.79 bits per heavy atom. The highest BCUT2D eigenvalue weighted by molar-refractivity contribution is 6.02. The Labute approximate surface area is 118 Å². The zero-order chi connectivity index (χ0) is 13.0. The van der Waals surface area contributed by atoms with E-state index in [0.29, 0.717) is 5.96 Å². The largest absolute Gasteiger partial charge is 0.369 e. The van der Waals surface area contributed by atoms with Gasteiger partial charge in [0.2, 0.25) is 5.96 Å². The van der Waals surface area contributed by atoms with Gasteiger partial charge in [-0.2, -0.15) is 5.10 Å². The van der Waals surface area contributed by atoms with E-state index >= 15 is 0 Å². The molecule has 0 unspecified atom stereocenters. The molecule has 0 heterocycles. The van der Waals surface area contributed by atoms with Crippen molar-refractivity contribution >= 4 is 34.9 Å². The Morgan fingerprint density at radius 1 is 1.11 bits per heavy atom. The second-order valence-corrected chi connectivity index (χ2v) is 3.98. The van der Waals surface area contributed by atoms with Gasteiger partial charge in [0.25, 0.3) is 0 Å². The fraction of sp³-hybridized carbons (Fsp3) is 0.143. The number of hydrogen-bond donors (Lipinski definition) is 2. The van der Waals surface area contributed by atoms with Crippen LogP contribution in [0.1, 0.15) is 12.5 Å². The second-order valence-electron chi connectivity index (χ2n) is 3.98. The molecule has 2 rings (SSSR count). The molecule has 4 nitrogen and oxygen atoms in total. The summed E-state index contributed by atoms with van der Waals surface area (Å²) in [6, 6.07) is 14.5. The van der Waals surface area contributed by atoms with Gasteiger partial charge in [-0.25, -0.2) is 5.43 Å². The van der Waals surface area contributed by atoms with Gasteiger partial charge in [-0.05, 0) is 29.3 Å². The molecule has 2 aromatic carbocycles. The van der Waals surface area contributed by atoms with Gasteiger partial charge >= 0.3 is 0 Å². The van der Waals surface area contributed by atoms with E-state index in [-0.39, 0.29) is 12.4 Å². The average Bonchev–Trinajstić information content (AvgIpc) is 2.43. The maximum absolute atomic E-state index is 5.52. The number of hydrogen-bond acceptors (Lipinski definition) is 2. The van der Waals surface area contributed by atoms with Gasteiger partial charge in [-0.15, -0.1) is 12.4 Å². The molecule has 2 aromatic rings. The molecule has 0 fully saturated rings. The number of guanidine groups is 1. The molecule has 0 atom stereocenters. The molecule has 0 spiro atoms. The molecule has 0 radical (unpaired) electrons. The van der Waals surface area contributed by atoms with E-state index < -0.39 is 0 Å². The van der Waals surface area contributed by atoms with Gasteiger partial charge in [0.05, 0.1) is 5.71 Å². The molecular weight excluding hydrogens is 260 g/mol. The second kappa shape index (κ2) is 6.75. The normalized spacial score (nSPS) is 12.1. The third-order valence-corrected chi connectivity index (χ3v) is 2.75. The van der Waals surface area contributed by atoms with Crippen LogP contribution < -0.4 is 11.2 Å². The van der Waals surface area contributed by atoms with E-state index in [1.54, 1.807) is 7.05 Å². The molecule has 0 amide bonds. The van der Waals surface area contributed by atoms with Crippen molar-refractivity contribution in [3.63, 3.8) is 0 Å². The lowest BCUT2D eigenvalue weighted by Crippen LogP contribution is -2.27. The first-order valence-electron chi connectivity index (χ1n) is 5.72. The lowest BCUT2D eigenvalue weighted by atomic mass is 10.0. The topological polar surface area (TPSA) is 62.8 Å². The minimum absolute atomic E-state index is 0. The van der Waals surface area contributed by atoms with E-state index in [2.05, 4.69) is 39.8 Å². The Bertz CT molecular complexity index is 620. The average molecular weight is 277 g/mol. The van der Waals surface area contributed by atoms with Crippen LogP contribution in [0, 0.1) is 0 Å². The van der Waals surface area contributed by atoms with Gasteiger partial charge < -0.3 is 5.73 Å². The standard InChI is InChI=1S/C14H16N4.ClH/c1-10(17-18-14(15)16-2)12-8-7-11-5-3-4-6-13(11)9-12;/h3-9H,1-2H3,(H3,15,16,18);1H/b17-10+;. The SMILES string of the molecule is CN=C(N)N/N=C(\C)c1ccc2ccccc2c1.Cl. The fourth-order valence-electron chi connectivity index (χ4n) is 1.67. The fourth-order valence-corrected chi connectivity index (χ4v) is 1.67. The Morgan fingerprint density at radius 3 is 2.47 bits per heavy atom. The van der Waals surface area contributed by atoms with Gasteiger partial charge in [-0.3, -0.25) is 4.99 Å². The molecule has 19 heavy (non-hydrogen) atoms. The summed E-state index contributed by atoms with van der Waals surface area (Å²) in [6.45, 7) is 1.93. The van der Waals surface area contributed by atoms with Crippen LogP contribution in [0.4, 0.5) is 0 Å². The summed E-state index contributed by atoms with van der Waals surface area (Å²) in [5.41, 5.74) is 10.1. The zero-order valence-electron chi connectivity index (χ0n) is 10.9. The third-order valence-electron chi connectivity index (χ3n) is 2.75. The van der Waals surface area contributed by atoms with Crippen molar-refractivity contribution in [2.75, 3.05) is 7.05 Å². The molecule has 0 saturated carbocycles. The number of benzene rings is 2. The predicted octanol–water partition coefficient (Wildman–Crippen LogP) is 2.52. The van der Waals surface area contributed by atoms with Crippen LogP contribution in [0.3, 0.4) is 0 Å². The van der Waals surface area contributed by atoms with Gasteiger partial charge in [-0.1, -0.05) is 36.4 Å². The molecule has 0 aliphatic carbocycles.